The second kappa shape index (κ2) is 4.71. The van der Waals surface area contributed by atoms with Gasteiger partial charge in [0.05, 0.1) is 0 Å². The lowest BCUT2D eigenvalue weighted by Crippen LogP contribution is -2.16. The zero-order valence-electron chi connectivity index (χ0n) is 9.84. The monoisotopic (exact) mass is 244 g/mol. The molecule has 0 aliphatic rings. The Kier molecular flexibility index (Phi) is 4.01. The lowest BCUT2D eigenvalue weighted by molar-refractivity contribution is 0.538. The number of thioether (sulfide) groups is 1. The Hall–Kier alpha value is -0.280. The van der Waals surface area contributed by atoms with Crippen molar-refractivity contribution >= 4 is 23.4 Å². The first kappa shape index (κ1) is 12.8. The van der Waals surface area contributed by atoms with Crippen LogP contribution in [0.15, 0.2) is 11.1 Å². The molecule has 2 nitrogen and oxygen atoms in total. The van der Waals surface area contributed by atoms with Crippen molar-refractivity contribution in [2.24, 2.45) is 0 Å². The van der Waals surface area contributed by atoms with E-state index in [1.54, 1.807) is 11.8 Å². The van der Waals surface area contributed by atoms with Crippen LogP contribution in [0, 0.1) is 0 Å². The van der Waals surface area contributed by atoms with Crippen molar-refractivity contribution in [3.05, 3.63) is 17.0 Å². The van der Waals surface area contributed by atoms with Crippen molar-refractivity contribution in [1.29, 1.82) is 0 Å². The normalized spacial score (nSPS) is 12.2. The first-order valence-corrected chi connectivity index (χ1v) is 6.26. The second-order valence-electron chi connectivity index (χ2n) is 4.77. The highest BCUT2D eigenvalue weighted by Crippen LogP contribution is 2.26. The molecule has 1 heterocycles. The van der Waals surface area contributed by atoms with E-state index in [2.05, 4.69) is 44.6 Å². The summed E-state index contributed by atoms with van der Waals surface area (Å²) in [4.78, 5) is 8.77. The van der Waals surface area contributed by atoms with Gasteiger partial charge in [0.1, 0.15) is 16.0 Å². The van der Waals surface area contributed by atoms with Gasteiger partial charge in [0.2, 0.25) is 0 Å². The third kappa shape index (κ3) is 3.99. The summed E-state index contributed by atoms with van der Waals surface area (Å²) in [5, 5.41) is 1.98. The minimum atomic E-state index is -0.0583. The summed E-state index contributed by atoms with van der Waals surface area (Å²) in [6, 6.07) is 1.82. The molecule has 1 aromatic heterocycles. The maximum atomic E-state index is 5.98. The van der Waals surface area contributed by atoms with E-state index in [-0.39, 0.29) is 5.41 Å². The standard InChI is InChI=1S/C11H17ClN2S/c1-7(2)15-9-6-8(12)13-10(14-9)11(3,4)5/h6-7H,1-5H3. The van der Waals surface area contributed by atoms with Gasteiger partial charge in [-0.2, -0.15) is 0 Å². The largest absolute Gasteiger partial charge is 0.226 e. The van der Waals surface area contributed by atoms with Gasteiger partial charge in [-0.05, 0) is 0 Å². The summed E-state index contributed by atoms with van der Waals surface area (Å²) in [6.45, 7) is 10.5. The fourth-order valence-electron chi connectivity index (χ4n) is 1.03. The lowest BCUT2D eigenvalue weighted by Gasteiger charge is -2.17. The van der Waals surface area contributed by atoms with Gasteiger partial charge >= 0.3 is 0 Å². The van der Waals surface area contributed by atoms with Crippen molar-refractivity contribution in [1.82, 2.24) is 9.97 Å². The van der Waals surface area contributed by atoms with E-state index in [0.29, 0.717) is 10.4 Å². The molecule has 0 fully saturated rings. The van der Waals surface area contributed by atoms with Crippen LogP contribution in [0.4, 0.5) is 0 Å². The summed E-state index contributed by atoms with van der Waals surface area (Å²) < 4.78 is 0. The minimum absolute atomic E-state index is 0.0583. The fourth-order valence-corrected chi connectivity index (χ4v) is 2.08. The maximum absolute atomic E-state index is 5.98. The average Bonchev–Trinajstić information content (AvgIpc) is 1.99. The minimum Gasteiger partial charge on any atom is -0.226 e. The van der Waals surface area contributed by atoms with Crippen LogP contribution >= 0.6 is 23.4 Å². The van der Waals surface area contributed by atoms with E-state index in [1.807, 2.05) is 6.07 Å². The summed E-state index contributed by atoms with van der Waals surface area (Å²) >= 11 is 7.68. The Bertz CT molecular complexity index is 345. The summed E-state index contributed by atoms with van der Waals surface area (Å²) in [7, 11) is 0. The van der Waals surface area contributed by atoms with Crippen LogP contribution in [0.5, 0.6) is 0 Å². The highest BCUT2D eigenvalue weighted by atomic mass is 35.5. The van der Waals surface area contributed by atoms with Crippen molar-refractivity contribution < 1.29 is 0 Å². The smallest absolute Gasteiger partial charge is 0.136 e. The molecule has 0 aliphatic heterocycles. The van der Waals surface area contributed by atoms with Crippen LogP contribution < -0.4 is 0 Å². The molecule has 0 amide bonds. The number of hydrogen-bond donors (Lipinski definition) is 0. The summed E-state index contributed by atoms with van der Waals surface area (Å²) in [5.41, 5.74) is -0.0583. The molecule has 0 aromatic carbocycles. The first-order chi connectivity index (χ1) is 6.79. The van der Waals surface area contributed by atoms with Crippen molar-refractivity contribution in [2.75, 3.05) is 0 Å². The van der Waals surface area contributed by atoms with Crippen LogP contribution in [0.2, 0.25) is 5.15 Å². The fraction of sp³-hybridized carbons (Fsp3) is 0.636. The van der Waals surface area contributed by atoms with Crippen molar-refractivity contribution in [3.63, 3.8) is 0 Å². The van der Waals surface area contributed by atoms with Crippen LogP contribution in [-0.4, -0.2) is 15.2 Å². The molecule has 0 unspecified atom stereocenters. The Balaban J connectivity index is 3.06. The number of halogens is 1. The van der Waals surface area contributed by atoms with Crippen LogP contribution in [-0.2, 0) is 5.41 Å². The van der Waals surface area contributed by atoms with Crippen LogP contribution in [0.25, 0.3) is 0 Å². The van der Waals surface area contributed by atoms with Crippen molar-refractivity contribution in [3.8, 4) is 0 Å². The van der Waals surface area contributed by atoms with E-state index < -0.39 is 0 Å². The van der Waals surface area contributed by atoms with Gasteiger partial charge in [-0.1, -0.05) is 46.2 Å². The molecule has 15 heavy (non-hydrogen) atoms. The Morgan fingerprint density at radius 1 is 1.27 bits per heavy atom. The molecule has 0 aliphatic carbocycles. The first-order valence-electron chi connectivity index (χ1n) is 5.01. The van der Waals surface area contributed by atoms with Gasteiger partial charge in [0, 0.05) is 16.7 Å². The molecule has 0 saturated heterocycles. The third-order valence-corrected chi connectivity index (χ3v) is 2.81. The number of aromatic nitrogens is 2. The molecule has 84 valence electrons. The SMILES string of the molecule is CC(C)Sc1cc(Cl)nc(C(C)(C)C)n1. The zero-order valence-corrected chi connectivity index (χ0v) is 11.4. The predicted octanol–water partition coefficient (Wildman–Crippen LogP) is 3.93. The van der Waals surface area contributed by atoms with Gasteiger partial charge in [0.25, 0.3) is 0 Å². The van der Waals surface area contributed by atoms with Crippen LogP contribution in [0.1, 0.15) is 40.4 Å². The number of nitrogens with zero attached hydrogens (tertiary/aromatic N) is 2. The maximum Gasteiger partial charge on any atom is 0.136 e. The molecule has 1 aromatic rings. The van der Waals surface area contributed by atoms with E-state index in [4.69, 9.17) is 11.6 Å². The zero-order chi connectivity index (χ0) is 11.6. The molecule has 0 bridgehead atoms. The molecule has 0 atom stereocenters. The van der Waals surface area contributed by atoms with Crippen molar-refractivity contribution in [2.45, 2.75) is 50.3 Å². The highest BCUT2D eigenvalue weighted by Gasteiger charge is 2.19. The molecule has 0 N–H and O–H groups in total. The molecule has 4 heteroatoms. The lowest BCUT2D eigenvalue weighted by atomic mass is 9.96. The molecule has 0 spiro atoms. The summed E-state index contributed by atoms with van der Waals surface area (Å²) in [5.74, 6) is 0.804. The van der Waals surface area contributed by atoms with Gasteiger partial charge in [-0.3, -0.25) is 0 Å². The Labute approximate surface area is 101 Å². The highest BCUT2D eigenvalue weighted by molar-refractivity contribution is 7.99. The Morgan fingerprint density at radius 3 is 2.33 bits per heavy atom. The number of rotatable bonds is 2. The van der Waals surface area contributed by atoms with E-state index >= 15 is 0 Å². The topological polar surface area (TPSA) is 25.8 Å². The second-order valence-corrected chi connectivity index (χ2v) is 6.75. The molecular formula is C11H17ClN2S. The van der Waals surface area contributed by atoms with E-state index in [1.165, 1.54) is 0 Å². The molecule has 0 saturated carbocycles. The average molecular weight is 245 g/mol. The number of hydrogen-bond acceptors (Lipinski definition) is 3. The predicted molar refractivity (Wildman–Crippen MR) is 66.7 cm³/mol. The summed E-state index contributed by atoms with van der Waals surface area (Å²) in [6.07, 6.45) is 0. The van der Waals surface area contributed by atoms with Crippen LogP contribution in [0.3, 0.4) is 0 Å². The van der Waals surface area contributed by atoms with Gasteiger partial charge in [-0.25, -0.2) is 9.97 Å². The molecule has 1 rings (SSSR count). The van der Waals surface area contributed by atoms with E-state index in [0.717, 1.165) is 10.9 Å². The van der Waals surface area contributed by atoms with Gasteiger partial charge in [-0.15, -0.1) is 11.8 Å². The molecular weight excluding hydrogens is 228 g/mol. The molecule has 0 radical (unpaired) electrons. The van der Waals surface area contributed by atoms with Gasteiger partial charge in [0.15, 0.2) is 0 Å². The van der Waals surface area contributed by atoms with E-state index in [9.17, 15) is 0 Å². The quantitative estimate of drug-likeness (QED) is 0.582. The Morgan fingerprint density at radius 2 is 1.87 bits per heavy atom. The third-order valence-electron chi connectivity index (χ3n) is 1.70. The van der Waals surface area contributed by atoms with Gasteiger partial charge < -0.3 is 0 Å².